The molecule has 0 radical (unpaired) electrons. The highest BCUT2D eigenvalue weighted by Gasteiger charge is 2.20. The third kappa shape index (κ3) is 5.98. The van der Waals surface area contributed by atoms with Gasteiger partial charge in [-0.1, -0.05) is 36.7 Å². The molecule has 4 nitrogen and oxygen atoms in total. The van der Waals surface area contributed by atoms with Crippen molar-refractivity contribution in [2.24, 2.45) is 0 Å². The molecule has 0 fully saturated rings. The first-order valence-electron chi connectivity index (χ1n) is 8.40. The molecule has 1 amide bonds. The fraction of sp³-hybridized carbons (Fsp3) is 0.350. The van der Waals surface area contributed by atoms with Crippen LogP contribution in [-0.4, -0.2) is 24.7 Å². The van der Waals surface area contributed by atoms with E-state index in [1.165, 1.54) is 0 Å². The maximum Gasteiger partial charge on any atom is 0.261 e. The molecule has 0 unspecified atom stereocenters. The molecule has 5 heteroatoms. The van der Waals surface area contributed by atoms with Gasteiger partial charge in [-0.15, -0.1) is 0 Å². The van der Waals surface area contributed by atoms with Crippen molar-refractivity contribution in [3.8, 4) is 11.5 Å². The van der Waals surface area contributed by atoms with Crippen LogP contribution in [0.4, 0.5) is 0 Å². The smallest absolute Gasteiger partial charge is 0.261 e. The lowest BCUT2D eigenvalue weighted by Gasteiger charge is -2.21. The SMILES string of the molecule is CC[C@@H](Oc1ccc(Cl)cc1)C(=O)N[C@H](C)COc1ccccc1C. The first-order chi connectivity index (χ1) is 12.0. The van der Waals surface area contributed by atoms with Gasteiger partial charge in [0.15, 0.2) is 6.10 Å². The summed E-state index contributed by atoms with van der Waals surface area (Å²) in [5.41, 5.74) is 1.07. The largest absolute Gasteiger partial charge is 0.491 e. The van der Waals surface area contributed by atoms with Crippen molar-refractivity contribution in [1.29, 1.82) is 0 Å². The van der Waals surface area contributed by atoms with E-state index in [4.69, 9.17) is 21.1 Å². The van der Waals surface area contributed by atoms with Crippen molar-refractivity contribution in [1.82, 2.24) is 5.32 Å². The van der Waals surface area contributed by atoms with Gasteiger partial charge in [0.25, 0.3) is 5.91 Å². The van der Waals surface area contributed by atoms with Gasteiger partial charge in [-0.2, -0.15) is 0 Å². The molecule has 2 atom stereocenters. The van der Waals surface area contributed by atoms with E-state index >= 15 is 0 Å². The molecule has 0 spiro atoms. The molecule has 1 N–H and O–H groups in total. The molecule has 0 saturated heterocycles. The van der Waals surface area contributed by atoms with Gasteiger partial charge in [-0.25, -0.2) is 0 Å². The summed E-state index contributed by atoms with van der Waals surface area (Å²) in [6, 6.07) is 14.7. The Balaban J connectivity index is 1.85. The minimum Gasteiger partial charge on any atom is -0.491 e. The molecule has 134 valence electrons. The Morgan fingerprint density at radius 3 is 2.48 bits per heavy atom. The molecule has 0 aliphatic rings. The Hall–Kier alpha value is -2.20. The molecule has 2 rings (SSSR count). The number of benzene rings is 2. The van der Waals surface area contributed by atoms with E-state index in [-0.39, 0.29) is 11.9 Å². The van der Waals surface area contributed by atoms with Crippen LogP contribution in [0, 0.1) is 6.92 Å². The monoisotopic (exact) mass is 361 g/mol. The first kappa shape index (κ1) is 19.1. The molecule has 2 aromatic rings. The summed E-state index contributed by atoms with van der Waals surface area (Å²) in [6.07, 6.45) is 0.0157. The van der Waals surface area contributed by atoms with E-state index in [9.17, 15) is 4.79 Å². The van der Waals surface area contributed by atoms with E-state index in [0.29, 0.717) is 23.8 Å². The molecule has 25 heavy (non-hydrogen) atoms. The number of hydrogen-bond donors (Lipinski definition) is 1. The number of halogens is 1. The van der Waals surface area contributed by atoms with Gasteiger partial charge in [-0.3, -0.25) is 4.79 Å². The van der Waals surface area contributed by atoms with Gasteiger partial charge in [-0.05, 0) is 56.2 Å². The topological polar surface area (TPSA) is 47.6 Å². The van der Waals surface area contributed by atoms with E-state index in [1.54, 1.807) is 24.3 Å². The zero-order valence-electron chi connectivity index (χ0n) is 14.8. The number of nitrogens with one attached hydrogen (secondary N) is 1. The highest BCUT2D eigenvalue weighted by molar-refractivity contribution is 6.30. The van der Waals surface area contributed by atoms with Crippen LogP contribution in [0.1, 0.15) is 25.8 Å². The molecule has 0 saturated carbocycles. The molecule has 2 aromatic carbocycles. The minimum atomic E-state index is -0.554. The van der Waals surface area contributed by atoms with Crippen molar-refractivity contribution < 1.29 is 14.3 Å². The quantitative estimate of drug-likeness (QED) is 0.758. The fourth-order valence-electron chi connectivity index (χ4n) is 2.31. The third-order valence-electron chi connectivity index (χ3n) is 3.73. The van der Waals surface area contributed by atoms with Gasteiger partial charge in [0.2, 0.25) is 0 Å². The summed E-state index contributed by atoms with van der Waals surface area (Å²) >= 11 is 5.86. The lowest BCUT2D eigenvalue weighted by Crippen LogP contribution is -2.44. The van der Waals surface area contributed by atoms with Crippen molar-refractivity contribution in [3.63, 3.8) is 0 Å². The molecule has 0 aromatic heterocycles. The predicted molar refractivity (Wildman–Crippen MR) is 100 cm³/mol. The Labute approximate surface area is 154 Å². The standard InChI is InChI=1S/C20H24ClNO3/c1-4-18(25-17-11-9-16(21)10-12-17)20(23)22-15(3)13-24-19-8-6-5-7-14(19)2/h5-12,15,18H,4,13H2,1-3H3,(H,22,23)/t15-,18-/m1/s1. The minimum absolute atomic E-state index is 0.130. The van der Waals surface area contributed by atoms with Gasteiger partial charge in [0.1, 0.15) is 18.1 Å². The fourth-order valence-corrected chi connectivity index (χ4v) is 2.44. The van der Waals surface area contributed by atoms with Crippen LogP contribution < -0.4 is 14.8 Å². The van der Waals surface area contributed by atoms with Crippen LogP contribution in [0.25, 0.3) is 0 Å². The van der Waals surface area contributed by atoms with Crippen LogP contribution in [-0.2, 0) is 4.79 Å². The van der Waals surface area contributed by atoms with Crippen molar-refractivity contribution in [2.45, 2.75) is 39.3 Å². The number of amides is 1. The second-order valence-electron chi connectivity index (χ2n) is 5.95. The second-order valence-corrected chi connectivity index (χ2v) is 6.39. The number of hydrogen-bond acceptors (Lipinski definition) is 3. The van der Waals surface area contributed by atoms with E-state index in [0.717, 1.165) is 11.3 Å². The highest BCUT2D eigenvalue weighted by Crippen LogP contribution is 2.18. The summed E-state index contributed by atoms with van der Waals surface area (Å²) < 4.78 is 11.5. The number of carbonyl (C=O) groups excluding carboxylic acids is 1. The second kappa shape index (κ2) is 9.33. The summed E-state index contributed by atoms with van der Waals surface area (Å²) in [7, 11) is 0. The zero-order chi connectivity index (χ0) is 18.2. The van der Waals surface area contributed by atoms with Crippen LogP contribution in [0.3, 0.4) is 0 Å². The average Bonchev–Trinajstić information content (AvgIpc) is 2.60. The summed E-state index contributed by atoms with van der Waals surface area (Å²) in [4.78, 5) is 12.4. The zero-order valence-corrected chi connectivity index (χ0v) is 15.5. The average molecular weight is 362 g/mol. The van der Waals surface area contributed by atoms with E-state index in [2.05, 4.69) is 5.32 Å². The molecule has 0 aliphatic carbocycles. The van der Waals surface area contributed by atoms with E-state index in [1.807, 2.05) is 45.0 Å². The molecular weight excluding hydrogens is 338 g/mol. The van der Waals surface area contributed by atoms with Crippen LogP contribution in [0.2, 0.25) is 5.02 Å². The molecule has 0 heterocycles. The normalized spacial score (nSPS) is 13.0. The summed E-state index contributed by atoms with van der Waals surface area (Å²) in [5, 5.41) is 3.57. The van der Waals surface area contributed by atoms with Gasteiger partial charge in [0, 0.05) is 5.02 Å². The van der Waals surface area contributed by atoms with Gasteiger partial charge < -0.3 is 14.8 Å². The van der Waals surface area contributed by atoms with Crippen LogP contribution in [0.15, 0.2) is 48.5 Å². The van der Waals surface area contributed by atoms with Crippen LogP contribution in [0.5, 0.6) is 11.5 Å². The van der Waals surface area contributed by atoms with Gasteiger partial charge >= 0.3 is 0 Å². The van der Waals surface area contributed by atoms with E-state index < -0.39 is 6.10 Å². The number of rotatable bonds is 8. The number of para-hydroxylation sites is 1. The number of aryl methyl sites for hydroxylation is 1. The number of ether oxygens (including phenoxy) is 2. The lowest BCUT2D eigenvalue weighted by molar-refractivity contribution is -0.128. The maximum absolute atomic E-state index is 12.4. The highest BCUT2D eigenvalue weighted by atomic mass is 35.5. The molecular formula is C20H24ClNO3. The first-order valence-corrected chi connectivity index (χ1v) is 8.78. The van der Waals surface area contributed by atoms with Crippen molar-refractivity contribution >= 4 is 17.5 Å². The van der Waals surface area contributed by atoms with Crippen molar-refractivity contribution in [3.05, 3.63) is 59.1 Å². The van der Waals surface area contributed by atoms with Crippen LogP contribution >= 0.6 is 11.6 Å². The maximum atomic E-state index is 12.4. The lowest BCUT2D eigenvalue weighted by atomic mass is 10.2. The summed E-state index contributed by atoms with van der Waals surface area (Å²) in [5.74, 6) is 1.29. The predicted octanol–water partition coefficient (Wildman–Crippen LogP) is 4.39. The Morgan fingerprint density at radius 1 is 1.16 bits per heavy atom. The van der Waals surface area contributed by atoms with Crippen molar-refractivity contribution in [2.75, 3.05) is 6.61 Å². The summed E-state index contributed by atoms with van der Waals surface area (Å²) in [6.45, 7) is 6.21. The molecule has 0 aliphatic heterocycles. The number of carbonyl (C=O) groups is 1. The Morgan fingerprint density at radius 2 is 1.84 bits per heavy atom. The Kier molecular flexibility index (Phi) is 7.14. The molecule has 0 bridgehead atoms. The Bertz CT molecular complexity index is 688. The third-order valence-corrected chi connectivity index (χ3v) is 3.98. The van der Waals surface area contributed by atoms with Gasteiger partial charge in [0.05, 0.1) is 6.04 Å².